The molecule has 0 N–H and O–H groups in total. The number of likely N-dealkylation sites (tertiary alicyclic amines) is 1. The highest BCUT2D eigenvalue weighted by Gasteiger charge is 2.41. The molecular weight excluding hydrogens is 269 g/mol. The van der Waals surface area contributed by atoms with Crippen molar-refractivity contribution < 1.29 is 13.9 Å². The SMILES string of the molecule is COC1(CC2CCN(C(=O)C3CC3)CC2)C=CC=CC1F. The van der Waals surface area contributed by atoms with Crippen LogP contribution in [0.5, 0.6) is 0 Å². The largest absolute Gasteiger partial charge is 0.371 e. The monoisotopic (exact) mass is 293 g/mol. The van der Waals surface area contributed by atoms with Gasteiger partial charge in [-0.1, -0.05) is 12.2 Å². The summed E-state index contributed by atoms with van der Waals surface area (Å²) in [7, 11) is 1.59. The van der Waals surface area contributed by atoms with Crippen LogP contribution in [0.15, 0.2) is 24.3 Å². The van der Waals surface area contributed by atoms with Crippen LogP contribution in [-0.4, -0.2) is 42.8 Å². The number of nitrogens with zero attached hydrogens (tertiary/aromatic N) is 1. The van der Waals surface area contributed by atoms with Crippen LogP contribution < -0.4 is 0 Å². The molecule has 2 unspecified atom stereocenters. The molecule has 0 aromatic carbocycles. The van der Waals surface area contributed by atoms with Crippen molar-refractivity contribution in [3.8, 4) is 0 Å². The average molecular weight is 293 g/mol. The van der Waals surface area contributed by atoms with E-state index in [0.29, 0.717) is 24.2 Å². The lowest BCUT2D eigenvalue weighted by molar-refractivity contribution is -0.134. The highest BCUT2D eigenvalue weighted by Crippen LogP contribution is 2.37. The van der Waals surface area contributed by atoms with Gasteiger partial charge < -0.3 is 9.64 Å². The molecule has 3 aliphatic rings. The second-order valence-electron chi connectivity index (χ2n) is 6.55. The fourth-order valence-corrected chi connectivity index (χ4v) is 3.48. The van der Waals surface area contributed by atoms with Crippen LogP contribution in [0, 0.1) is 11.8 Å². The molecule has 1 amide bonds. The predicted octanol–water partition coefficient (Wildman–Crippen LogP) is 2.87. The molecule has 1 aliphatic heterocycles. The molecule has 2 atom stereocenters. The minimum absolute atomic E-state index is 0.300. The number of alkyl halides is 1. The van der Waals surface area contributed by atoms with Gasteiger partial charge in [-0.2, -0.15) is 0 Å². The summed E-state index contributed by atoms with van der Waals surface area (Å²) >= 11 is 0. The van der Waals surface area contributed by atoms with Crippen LogP contribution in [0.3, 0.4) is 0 Å². The second kappa shape index (κ2) is 5.91. The molecular formula is C17H24FNO2. The Morgan fingerprint density at radius 1 is 1.29 bits per heavy atom. The van der Waals surface area contributed by atoms with Crippen molar-refractivity contribution >= 4 is 5.91 Å². The zero-order chi connectivity index (χ0) is 14.9. The summed E-state index contributed by atoms with van der Waals surface area (Å²) in [5, 5.41) is 0. The summed E-state index contributed by atoms with van der Waals surface area (Å²) in [6.07, 6.45) is 10.6. The van der Waals surface area contributed by atoms with Gasteiger partial charge in [0.1, 0.15) is 5.60 Å². The Morgan fingerprint density at radius 2 is 2.00 bits per heavy atom. The maximum absolute atomic E-state index is 14.2. The molecule has 21 heavy (non-hydrogen) atoms. The molecule has 2 fully saturated rings. The van der Waals surface area contributed by atoms with Crippen LogP contribution in [0.25, 0.3) is 0 Å². The standard InChI is InChI=1S/C17H24FNO2/c1-21-17(9-3-2-4-15(17)18)12-13-7-10-19(11-8-13)16(20)14-5-6-14/h2-4,9,13-15H,5-8,10-12H2,1H3. The first-order valence-electron chi connectivity index (χ1n) is 7.98. The molecule has 0 bridgehead atoms. The first kappa shape index (κ1) is 14.8. The third kappa shape index (κ3) is 3.05. The fourth-order valence-electron chi connectivity index (χ4n) is 3.48. The van der Waals surface area contributed by atoms with Crippen molar-refractivity contribution in [2.24, 2.45) is 11.8 Å². The topological polar surface area (TPSA) is 29.5 Å². The predicted molar refractivity (Wildman–Crippen MR) is 79.6 cm³/mol. The van der Waals surface area contributed by atoms with E-state index < -0.39 is 11.8 Å². The third-order valence-corrected chi connectivity index (χ3v) is 5.08. The van der Waals surface area contributed by atoms with Crippen LogP contribution in [0.2, 0.25) is 0 Å². The van der Waals surface area contributed by atoms with Gasteiger partial charge >= 0.3 is 0 Å². The summed E-state index contributed by atoms with van der Waals surface area (Å²) in [5.41, 5.74) is -0.817. The van der Waals surface area contributed by atoms with Gasteiger partial charge in [0.05, 0.1) is 0 Å². The highest BCUT2D eigenvalue weighted by atomic mass is 19.1. The van der Waals surface area contributed by atoms with Gasteiger partial charge in [0, 0.05) is 26.1 Å². The van der Waals surface area contributed by atoms with Gasteiger partial charge in [-0.15, -0.1) is 0 Å². The zero-order valence-corrected chi connectivity index (χ0v) is 12.6. The Hall–Kier alpha value is -1.16. The molecule has 3 rings (SSSR count). The molecule has 1 saturated heterocycles. The minimum atomic E-state index is -1.08. The number of piperidine rings is 1. The molecule has 2 aliphatic carbocycles. The summed E-state index contributed by atoms with van der Waals surface area (Å²) < 4.78 is 19.8. The first-order valence-corrected chi connectivity index (χ1v) is 7.98. The van der Waals surface area contributed by atoms with Crippen molar-refractivity contribution in [2.45, 2.75) is 43.9 Å². The van der Waals surface area contributed by atoms with Crippen molar-refractivity contribution in [3.05, 3.63) is 24.3 Å². The quantitative estimate of drug-likeness (QED) is 0.797. The maximum atomic E-state index is 14.2. The molecule has 1 saturated carbocycles. The van der Waals surface area contributed by atoms with Crippen LogP contribution in [0.1, 0.15) is 32.1 Å². The number of amides is 1. The van der Waals surface area contributed by atoms with E-state index in [9.17, 15) is 9.18 Å². The Kier molecular flexibility index (Phi) is 4.16. The van der Waals surface area contributed by atoms with E-state index in [0.717, 1.165) is 38.8 Å². The number of methoxy groups -OCH3 is 1. The highest BCUT2D eigenvalue weighted by molar-refractivity contribution is 5.81. The van der Waals surface area contributed by atoms with Gasteiger partial charge in [-0.3, -0.25) is 4.79 Å². The van der Waals surface area contributed by atoms with Crippen LogP contribution >= 0.6 is 0 Å². The average Bonchev–Trinajstić information content (AvgIpc) is 3.34. The minimum Gasteiger partial charge on any atom is -0.371 e. The fraction of sp³-hybridized carbons (Fsp3) is 0.706. The molecule has 4 heteroatoms. The molecule has 3 nitrogen and oxygen atoms in total. The number of hydrogen-bond donors (Lipinski definition) is 0. The summed E-state index contributed by atoms with van der Waals surface area (Å²) in [5.74, 6) is 1.05. The van der Waals surface area contributed by atoms with E-state index in [1.54, 1.807) is 19.3 Å². The maximum Gasteiger partial charge on any atom is 0.225 e. The van der Waals surface area contributed by atoms with Gasteiger partial charge in [0.25, 0.3) is 0 Å². The van der Waals surface area contributed by atoms with E-state index in [1.807, 2.05) is 17.1 Å². The van der Waals surface area contributed by atoms with E-state index in [-0.39, 0.29) is 0 Å². The van der Waals surface area contributed by atoms with Crippen molar-refractivity contribution in [1.29, 1.82) is 0 Å². The van der Waals surface area contributed by atoms with Crippen molar-refractivity contribution in [3.63, 3.8) is 0 Å². The lowest BCUT2D eigenvalue weighted by Gasteiger charge is -2.39. The lowest BCUT2D eigenvalue weighted by Crippen LogP contribution is -2.45. The molecule has 0 spiro atoms. The van der Waals surface area contributed by atoms with Gasteiger partial charge in [-0.25, -0.2) is 4.39 Å². The molecule has 0 aromatic rings. The summed E-state index contributed by atoms with van der Waals surface area (Å²) in [4.78, 5) is 14.0. The number of rotatable bonds is 4. The normalized spacial score (nSPS) is 33.4. The van der Waals surface area contributed by atoms with E-state index in [4.69, 9.17) is 4.74 Å². The Bertz CT molecular complexity index is 450. The Labute approximate surface area is 125 Å². The molecule has 0 radical (unpaired) electrons. The van der Waals surface area contributed by atoms with Crippen LogP contribution in [-0.2, 0) is 9.53 Å². The molecule has 1 heterocycles. The smallest absolute Gasteiger partial charge is 0.225 e. The number of hydrogen-bond acceptors (Lipinski definition) is 2. The van der Waals surface area contributed by atoms with Gasteiger partial charge in [0.2, 0.25) is 5.91 Å². The Morgan fingerprint density at radius 3 is 2.57 bits per heavy atom. The van der Waals surface area contributed by atoms with Gasteiger partial charge in [0.15, 0.2) is 6.17 Å². The van der Waals surface area contributed by atoms with E-state index in [2.05, 4.69) is 0 Å². The number of allylic oxidation sites excluding steroid dienone is 2. The number of carbonyl (C=O) groups excluding carboxylic acids is 1. The third-order valence-electron chi connectivity index (χ3n) is 5.08. The summed E-state index contributed by atoms with van der Waals surface area (Å²) in [6, 6.07) is 0. The first-order chi connectivity index (χ1) is 10.1. The summed E-state index contributed by atoms with van der Waals surface area (Å²) in [6.45, 7) is 1.63. The number of ether oxygens (including phenoxy) is 1. The van der Waals surface area contributed by atoms with Crippen molar-refractivity contribution in [1.82, 2.24) is 4.90 Å². The molecule has 0 aromatic heterocycles. The van der Waals surface area contributed by atoms with Crippen molar-refractivity contribution in [2.75, 3.05) is 20.2 Å². The van der Waals surface area contributed by atoms with Gasteiger partial charge in [-0.05, 0) is 50.2 Å². The van der Waals surface area contributed by atoms with Crippen LogP contribution in [0.4, 0.5) is 4.39 Å². The molecule has 116 valence electrons. The lowest BCUT2D eigenvalue weighted by atomic mass is 9.80. The van der Waals surface area contributed by atoms with E-state index >= 15 is 0 Å². The number of carbonyl (C=O) groups is 1. The second-order valence-corrected chi connectivity index (χ2v) is 6.55. The van der Waals surface area contributed by atoms with E-state index in [1.165, 1.54) is 0 Å². The zero-order valence-electron chi connectivity index (χ0n) is 12.6. The number of halogens is 1. The Balaban J connectivity index is 1.55.